The molecule has 3 aromatic carbocycles. The highest BCUT2D eigenvalue weighted by Crippen LogP contribution is 2.34. The fraction of sp³-hybridized carbons (Fsp3) is 0.120. The van der Waals surface area contributed by atoms with E-state index in [9.17, 15) is 9.59 Å². The number of nitrogens with one attached hydrogen (secondary N) is 2. The van der Waals surface area contributed by atoms with Crippen LogP contribution >= 0.6 is 0 Å². The Labute approximate surface area is 181 Å². The van der Waals surface area contributed by atoms with Gasteiger partial charge in [-0.15, -0.1) is 0 Å². The summed E-state index contributed by atoms with van der Waals surface area (Å²) in [5, 5.41) is 5.57. The van der Waals surface area contributed by atoms with E-state index in [0.717, 1.165) is 22.4 Å². The number of anilines is 2. The molecule has 0 spiro atoms. The number of methoxy groups -OCH3 is 1. The van der Waals surface area contributed by atoms with E-state index in [-0.39, 0.29) is 5.91 Å². The predicted molar refractivity (Wildman–Crippen MR) is 122 cm³/mol. The topological polar surface area (TPSA) is 70.7 Å². The molecule has 4 rings (SSSR count). The smallest absolute Gasteiger partial charge is 0.320 e. The molecular formula is C25H23N3O3. The summed E-state index contributed by atoms with van der Waals surface area (Å²) in [7, 11) is 3.30. The molecule has 0 saturated heterocycles. The number of rotatable bonds is 4. The molecule has 6 heteroatoms. The molecule has 0 radical (unpaired) electrons. The maximum absolute atomic E-state index is 13.2. The lowest BCUT2D eigenvalue weighted by Crippen LogP contribution is -2.47. The van der Waals surface area contributed by atoms with Crippen molar-refractivity contribution in [3.63, 3.8) is 0 Å². The van der Waals surface area contributed by atoms with Crippen molar-refractivity contribution in [1.29, 1.82) is 0 Å². The van der Waals surface area contributed by atoms with Crippen LogP contribution in [0.25, 0.3) is 5.57 Å². The van der Waals surface area contributed by atoms with Crippen molar-refractivity contribution >= 4 is 28.9 Å². The SMILES string of the molecule is COc1ccc(NC(=O)NC2C=C(c3ccccc3)c3ccccc3N(C)C2=O)cc1. The van der Waals surface area contributed by atoms with E-state index in [2.05, 4.69) is 10.6 Å². The van der Waals surface area contributed by atoms with E-state index in [1.807, 2.05) is 60.7 Å². The molecule has 1 atom stereocenters. The average Bonchev–Trinajstić information content (AvgIpc) is 2.91. The summed E-state index contributed by atoms with van der Waals surface area (Å²) in [5.74, 6) is 0.475. The normalized spacial score (nSPS) is 15.4. The molecular weight excluding hydrogens is 390 g/mol. The summed E-state index contributed by atoms with van der Waals surface area (Å²) in [6, 6.07) is 23.3. The minimum absolute atomic E-state index is 0.219. The lowest BCUT2D eigenvalue weighted by atomic mass is 9.95. The average molecular weight is 413 g/mol. The van der Waals surface area contributed by atoms with Gasteiger partial charge in [-0.2, -0.15) is 0 Å². The van der Waals surface area contributed by atoms with E-state index in [1.165, 1.54) is 0 Å². The van der Waals surface area contributed by atoms with Crippen LogP contribution in [-0.2, 0) is 4.79 Å². The first-order valence-corrected chi connectivity index (χ1v) is 9.92. The van der Waals surface area contributed by atoms with Crippen LogP contribution in [0.2, 0.25) is 0 Å². The van der Waals surface area contributed by atoms with Crippen molar-refractivity contribution in [2.45, 2.75) is 6.04 Å². The first kappa shape index (κ1) is 20.2. The Morgan fingerprint density at radius 2 is 1.61 bits per heavy atom. The molecule has 1 unspecified atom stereocenters. The van der Waals surface area contributed by atoms with E-state index >= 15 is 0 Å². The van der Waals surface area contributed by atoms with Crippen molar-refractivity contribution < 1.29 is 14.3 Å². The standard InChI is InChI=1S/C25H23N3O3/c1-28-23-11-7-6-10-20(23)21(17-8-4-3-5-9-17)16-22(24(28)29)27-25(30)26-18-12-14-19(31-2)15-13-18/h3-16,22H,1-2H3,(H2,26,27,30). The molecule has 2 N–H and O–H groups in total. The van der Waals surface area contributed by atoms with Gasteiger partial charge in [-0.05, 0) is 47.5 Å². The van der Waals surface area contributed by atoms with Gasteiger partial charge in [0.05, 0.1) is 12.8 Å². The summed E-state index contributed by atoms with van der Waals surface area (Å²) in [4.78, 5) is 27.4. The second-order valence-corrected chi connectivity index (χ2v) is 7.17. The second kappa shape index (κ2) is 8.75. The highest BCUT2D eigenvalue weighted by molar-refractivity contribution is 6.07. The first-order chi connectivity index (χ1) is 15.1. The summed E-state index contributed by atoms with van der Waals surface area (Å²) in [6.07, 6.45) is 1.81. The van der Waals surface area contributed by atoms with Crippen LogP contribution in [0.1, 0.15) is 11.1 Å². The third-order valence-corrected chi connectivity index (χ3v) is 5.20. The minimum atomic E-state index is -0.828. The summed E-state index contributed by atoms with van der Waals surface area (Å²) < 4.78 is 5.13. The molecule has 0 bridgehead atoms. The van der Waals surface area contributed by atoms with Crippen LogP contribution in [0.5, 0.6) is 5.75 Å². The van der Waals surface area contributed by atoms with Gasteiger partial charge < -0.3 is 20.3 Å². The Morgan fingerprint density at radius 1 is 0.935 bits per heavy atom. The number of nitrogens with zero attached hydrogens (tertiary/aromatic N) is 1. The Hall–Kier alpha value is -4.06. The fourth-order valence-corrected chi connectivity index (χ4v) is 3.60. The van der Waals surface area contributed by atoms with Crippen LogP contribution in [0.4, 0.5) is 16.2 Å². The van der Waals surface area contributed by atoms with E-state index in [0.29, 0.717) is 11.4 Å². The number of benzene rings is 3. The molecule has 3 amide bonds. The quantitative estimate of drug-likeness (QED) is 0.670. The largest absolute Gasteiger partial charge is 0.497 e. The summed E-state index contributed by atoms with van der Waals surface area (Å²) in [6.45, 7) is 0. The van der Waals surface area contributed by atoms with Crippen LogP contribution < -0.4 is 20.3 Å². The zero-order valence-electron chi connectivity index (χ0n) is 17.3. The van der Waals surface area contributed by atoms with Gasteiger partial charge >= 0.3 is 6.03 Å². The van der Waals surface area contributed by atoms with Crippen LogP contribution in [-0.4, -0.2) is 32.1 Å². The second-order valence-electron chi connectivity index (χ2n) is 7.17. The highest BCUT2D eigenvalue weighted by Gasteiger charge is 2.29. The van der Waals surface area contributed by atoms with Crippen molar-refractivity contribution in [2.75, 3.05) is 24.4 Å². The van der Waals surface area contributed by atoms with Crippen LogP contribution in [0.3, 0.4) is 0 Å². The molecule has 0 saturated carbocycles. The van der Waals surface area contributed by atoms with Gasteiger partial charge in [-0.1, -0.05) is 48.5 Å². The number of hydrogen-bond acceptors (Lipinski definition) is 3. The van der Waals surface area contributed by atoms with Crippen molar-refractivity contribution in [3.05, 3.63) is 96.1 Å². The Kier molecular flexibility index (Phi) is 5.71. The monoisotopic (exact) mass is 413 g/mol. The fourth-order valence-electron chi connectivity index (χ4n) is 3.60. The number of carbonyl (C=O) groups is 2. The van der Waals surface area contributed by atoms with Crippen molar-refractivity contribution in [2.24, 2.45) is 0 Å². The number of fused-ring (bicyclic) bond motifs is 1. The molecule has 6 nitrogen and oxygen atoms in total. The molecule has 156 valence electrons. The molecule has 0 aliphatic carbocycles. The highest BCUT2D eigenvalue weighted by atomic mass is 16.5. The van der Waals surface area contributed by atoms with E-state index < -0.39 is 12.1 Å². The number of likely N-dealkylation sites (N-methyl/N-ethyl adjacent to an activating group) is 1. The zero-order chi connectivity index (χ0) is 21.8. The number of amides is 3. The number of hydrogen-bond donors (Lipinski definition) is 2. The third kappa shape index (κ3) is 4.28. The van der Waals surface area contributed by atoms with Gasteiger partial charge in [-0.3, -0.25) is 4.79 Å². The van der Waals surface area contributed by atoms with E-state index in [4.69, 9.17) is 4.74 Å². The molecule has 0 fully saturated rings. The maximum Gasteiger partial charge on any atom is 0.320 e. The number of para-hydroxylation sites is 1. The van der Waals surface area contributed by atoms with E-state index in [1.54, 1.807) is 43.3 Å². The van der Waals surface area contributed by atoms with Gasteiger partial charge in [0.1, 0.15) is 11.8 Å². The Morgan fingerprint density at radius 3 is 2.32 bits per heavy atom. The third-order valence-electron chi connectivity index (χ3n) is 5.20. The summed E-state index contributed by atoms with van der Waals surface area (Å²) >= 11 is 0. The Bertz CT molecular complexity index is 1120. The van der Waals surface area contributed by atoms with Crippen molar-refractivity contribution in [3.8, 4) is 5.75 Å². The molecule has 1 aliphatic heterocycles. The van der Waals surface area contributed by atoms with Gasteiger partial charge in [-0.25, -0.2) is 4.79 Å². The van der Waals surface area contributed by atoms with Crippen LogP contribution in [0, 0.1) is 0 Å². The summed E-state index contributed by atoms with van der Waals surface area (Å²) in [5.41, 5.74) is 4.19. The van der Waals surface area contributed by atoms with Crippen LogP contribution in [0.15, 0.2) is 84.9 Å². The molecule has 3 aromatic rings. The Balaban J connectivity index is 1.65. The zero-order valence-corrected chi connectivity index (χ0v) is 17.3. The number of ether oxygens (including phenoxy) is 1. The molecule has 0 aromatic heterocycles. The maximum atomic E-state index is 13.2. The molecule has 1 aliphatic rings. The van der Waals surface area contributed by atoms with Gasteiger partial charge in [0.15, 0.2) is 0 Å². The molecule has 31 heavy (non-hydrogen) atoms. The predicted octanol–water partition coefficient (Wildman–Crippen LogP) is 4.29. The van der Waals surface area contributed by atoms with Gasteiger partial charge in [0.2, 0.25) is 0 Å². The lowest BCUT2D eigenvalue weighted by molar-refractivity contribution is -0.119. The molecule has 1 heterocycles. The first-order valence-electron chi connectivity index (χ1n) is 9.92. The van der Waals surface area contributed by atoms with Gasteiger partial charge in [0, 0.05) is 18.3 Å². The van der Waals surface area contributed by atoms with Gasteiger partial charge in [0.25, 0.3) is 5.91 Å². The number of urea groups is 1. The lowest BCUT2D eigenvalue weighted by Gasteiger charge is -2.22. The number of carbonyl (C=O) groups excluding carboxylic acids is 2. The minimum Gasteiger partial charge on any atom is -0.497 e. The van der Waals surface area contributed by atoms with Crippen molar-refractivity contribution in [1.82, 2.24) is 5.32 Å².